The number of aromatic carboxylic acids is 1. The number of aromatic nitrogens is 3. The van der Waals surface area contributed by atoms with Crippen LogP contribution < -0.4 is 0 Å². The van der Waals surface area contributed by atoms with Gasteiger partial charge < -0.3 is 5.11 Å². The van der Waals surface area contributed by atoms with Crippen LogP contribution in [0.5, 0.6) is 0 Å². The lowest BCUT2D eigenvalue weighted by Crippen LogP contribution is -2.02. The summed E-state index contributed by atoms with van der Waals surface area (Å²) >= 11 is 5.97. The number of nitrogens with zero attached hydrogens (tertiary/aromatic N) is 3. The minimum atomic E-state index is -1.04. The van der Waals surface area contributed by atoms with Crippen molar-refractivity contribution in [3.05, 3.63) is 28.2 Å². The number of aryl methyl sites for hydroxylation is 2. The van der Waals surface area contributed by atoms with Crippen molar-refractivity contribution < 1.29 is 9.90 Å². The number of hydrogen-bond donors (Lipinski definition) is 1. The molecule has 0 aliphatic heterocycles. The molecule has 78 valence electrons. The third kappa shape index (κ3) is 1.35. The van der Waals surface area contributed by atoms with Gasteiger partial charge in [0, 0.05) is 0 Å². The third-order valence-electron chi connectivity index (χ3n) is 2.20. The minimum absolute atomic E-state index is 0.0814. The summed E-state index contributed by atoms with van der Waals surface area (Å²) in [5.74, 6) is -1.04. The normalized spacial score (nSPS) is 10.9. The molecule has 0 aliphatic rings. The Morgan fingerprint density at radius 1 is 1.53 bits per heavy atom. The standard InChI is InChI=1S/C9H8ClN3O2/c1-4-7(10)5(2)13-8(12-4)6(3-11-13)9(14)15/h3H,1-2H3,(H,14,15). The monoisotopic (exact) mass is 225 g/mol. The summed E-state index contributed by atoms with van der Waals surface area (Å²) in [5, 5.41) is 13.3. The quantitative estimate of drug-likeness (QED) is 0.802. The highest BCUT2D eigenvalue weighted by Crippen LogP contribution is 2.20. The van der Waals surface area contributed by atoms with E-state index >= 15 is 0 Å². The van der Waals surface area contributed by atoms with Gasteiger partial charge in [-0.1, -0.05) is 11.6 Å². The molecule has 0 spiro atoms. The third-order valence-corrected chi connectivity index (χ3v) is 2.75. The molecule has 0 amide bonds. The SMILES string of the molecule is Cc1nc2c(C(=O)O)cnn2c(C)c1Cl. The molecule has 0 radical (unpaired) electrons. The van der Waals surface area contributed by atoms with E-state index in [-0.39, 0.29) is 5.56 Å². The first kappa shape index (κ1) is 9.92. The summed E-state index contributed by atoms with van der Waals surface area (Å²) in [6.07, 6.45) is 1.27. The molecule has 6 heteroatoms. The molecule has 0 bridgehead atoms. The lowest BCUT2D eigenvalue weighted by Gasteiger charge is -2.04. The fourth-order valence-corrected chi connectivity index (χ4v) is 1.53. The van der Waals surface area contributed by atoms with E-state index in [0.717, 1.165) is 0 Å². The maximum Gasteiger partial charge on any atom is 0.341 e. The topological polar surface area (TPSA) is 67.5 Å². The molecule has 0 saturated heterocycles. The van der Waals surface area contributed by atoms with Crippen LogP contribution in [-0.4, -0.2) is 25.7 Å². The van der Waals surface area contributed by atoms with E-state index in [1.165, 1.54) is 10.7 Å². The molecule has 2 aromatic heterocycles. The van der Waals surface area contributed by atoms with Crippen LogP contribution in [-0.2, 0) is 0 Å². The molecule has 0 aromatic carbocycles. The zero-order valence-electron chi connectivity index (χ0n) is 8.15. The molecule has 0 aliphatic carbocycles. The van der Waals surface area contributed by atoms with Crippen molar-refractivity contribution >= 4 is 23.2 Å². The molecule has 1 N–H and O–H groups in total. The van der Waals surface area contributed by atoms with Gasteiger partial charge in [0.25, 0.3) is 0 Å². The van der Waals surface area contributed by atoms with E-state index in [0.29, 0.717) is 22.1 Å². The molecule has 15 heavy (non-hydrogen) atoms. The van der Waals surface area contributed by atoms with Gasteiger partial charge in [0.15, 0.2) is 5.65 Å². The number of halogens is 1. The molecule has 0 atom stereocenters. The van der Waals surface area contributed by atoms with Gasteiger partial charge in [-0.05, 0) is 13.8 Å². The fraction of sp³-hybridized carbons (Fsp3) is 0.222. The Morgan fingerprint density at radius 3 is 2.80 bits per heavy atom. The number of carboxylic acids is 1. The van der Waals surface area contributed by atoms with Crippen molar-refractivity contribution in [3.8, 4) is 0 Å². The highest BCUT2D eigenvalue weighted by molar-refractivity contribution is 6.31. The van der Waals surface area contributed by atoms with Crippen LogP contribution in [0.25, 0.3) is 5.65 Å². The Morgan fingerprint density at radius 2 is 2.20 bits per heavy atom. The smallest absolute Gasteiger partial charge is 0.341 e. The van der Waals surface area contributed by atoms with Gasteiger partial charge in [0.05, 0.1) is 22.6 Å². The molecule has 2 aromatic rings. The van der Waals surface area contributed by atoms with Gasteiger partial charge in [-0.15, -0.1) is 0 Å². The summed E-state index contributed by atoms with van der Waals surface area (Å²) in [6.45, 7) is 3.50. The van der Waals surface area contributed by atoms with Crippen LogP contribution in [0.1, 0.15) is 21.7 Å². The van der Waals surface area contributed by atoms with Crippen molar-refractivity contribution in [1.29, 1.82) is 0 Å². The van der Waals surface area contributed by atoms with Crippen LogP contribution in [0, 0.1) is 13.8 Å². The van der Waals surface area contributed by atoms with E-state index < -0.39 is 5.97 Å². The summed E-state index contributed by atoms with van der Waals surface area (Å²) in [7, 11) is 0. The molecule has 2 heterocycles. The average Bonchev–Trinajstić information content (AvgIpc) is 2.58. The second-order valence-corrected chi connectivity index (χ2v) is 3.57. The van der Waals surface area contributed by atoms with E-state index in [9.17, 15) is 4.79 Å². The Labute approximate surface area is 90.3 Å². The number of fused-ring (bicyclic) bond motifs is 1. The number of carboxylic acid groups (broad SMARTS) is 1. The van der Waals surface area contributed by atoms with Crippen LogP contribution in [0.4, 0.5) is 0 Å². The summed E-state index contributed by atoms with van der Waals surface area (Å²) in [6, 6.07) is 0. The first-order valence-electron chi connectivity index (χ1n) is 4.26. The van der Waals surface area contributed by atoms with Gasteiger partial charge in [-0.2, -0.15) is 5.10 Å². The van der Waals surface area contributed by atoms with Gasteiger partial charge in [-0.25, -0.2) is 14.3 Å². The lowest BCUT2D eigenvalue weighted by atomic mass is 10.3. The molecule has 0 saturated carbocycles. The van der Waals surface area contributed by atoms with Crippen molar-refractivity contribution in [2.75, 3.05) is 0 Å². The van der Waals surface area contributed by atoms with Gasteiger partial charge in [0.2, 0.25) is 0 Å². The van der Waals surface area contributed by atoms with Crippen LogP contribution in [0.3, 0.4) is 0 Å². The predicted octanol–water partition coefficient (Wildman–Crippen LogP) is 1.70. The Balaban J connectivity index is 2.89. The second-order valence-electron chi connectivity index (χ2n) is 3.20. The minimum Gasteiger partial charge on any atom is -0.477 e. The second kappa shape index (κ2) is 3.20. The maximum absolute atomic E-state index is 10.9. The summed E-state index contributed by atoms with van der Waals surface area (Å²) < 4.78 is 1.43. The average molecular weight is 226 g/mol. The first-order valence-corrected chi connectivity index (χ1v) is 4.64. The summed E-state index contributed by atoms with van der Waals surface area (Å²) in [5.41, 5.74) is 1.69. The van der Waals surface area contributed by atoms with Crippen LogP contribution in [0.15, 0.2) is 6.20 Å². The van der Waals surface area contributed by atoms with E-state index in [1.54, 1.807) is 13.8 Å². The zero-order chi connectivity index (χ0) is 11.2. The zero-order valence-corrected chi connectivity index (χ0v) is 8.91. The van der Waals surface area contributed by atoms with Crippen LogP contribution >= 0.6 is 11.6 Å². The van der Waals surface area contributed by atoms with Gasteiger partial charge in [0.1, 0.15) is 5.56 Å². The highest BCUT2D eigenvalue weighted by Gasteiger charge is 2.16. The number of carbonyl (C=O) groups is 1. The molecule has 0 unspecified atom stereocenters. The number of rotatable bonds is 1. The number of hydrogen-bond acceptors (Lipinski definition) is 3. The van der Waals surface area contributed by atoms with Gasteiger partial charge in [-0.3, -0.25) is 0 Å². The highest BCUT2D eigenvalue weighted by atomic mass is 35.5. The van der Waals surface area contributed by atoms with Gasteiger partial charge >= 0.3 is 5.97 Å². The largest absolute Gasteiger partial charge is 0.477 e. The Hall–Kier alpha value is -1.62. The Bertz CT molecular complexity index is 562. The maximum atomic E-state index is 10.9. The van der Waals surface area contributed by atoms with Crippen molar-refractivity contribution in [1.82, 2.24) is 14.6 Å². The molecular weight excluding hydrogens is 218 g/mol. The van der Waals surface area contributed by atoms with E-state index in [4.69, 9.17) is 16.7 Å². The Kier molecular flexibility index (Phi) is 2.12. The first-order chi connectivity index (χ1) is 7.02. The van der Waals surface area contributed by atoms with Crippen LogP contribution in [0.2, 0.25) is 5.02 Å². The molecule has 0 fully saturated rings. The fourth-order valence-electron chi connectivity index (χ4n) is 1.41. The van der Waals surface area contributed by atoms with Crippen molar-refractivity contribution in [3.63, 3.8) is 0 Å². The molecular formula is C9H8ClN3O2. The molecule has 5 nitrogen and oxygen atoms in total. The lowest BCUT2D eigenvalue weighted by molar-refractivity contribution is 0.0699. The molecule has 2 rings (SSSR count). The van der Waals surface area contributed by atoms with E-state index in [2.05, 4.69) is 10.1 Å². The summed E-state index contributed by atoms with van der Waals surface area (Å²) in [4.78, 5) is 15.0. The van der Waals surface area contributed by atoms with Crippen molar-refractivity contribution in [2.24, 2.45) is 0 Å². The predicted molar refractivity (Wildman–Crippen MR) is 54.4 cm³/mol. The van der Waals surface area contributed by atoms with Crippen molar-refractivity contribution in [2.45, 2.75) is 13.8 Å². The van der Waals surface area contributed by atoms with E-state index in [1.807, 2.05) is 0 Å².